The van der Waals surface area contributed by atoms with Crippen LogP contribution in [0.1, 0.15) is 21.6 Å². The van der Waals surface area contributed by atoms with Gasteiger partial charge in [-0.2, -0.15) is 5.26 Å². The zero-order valence-corrected chi connectivity index (χ0v) is 13.8. The fourth-order valence-corrected chi connectivity index (χ4v) is 2.93. The molecule has 0 unspecified atom stereocenters. The second-order valence-corrected chi connectivity index (χ2v) is 5.60. The Morgan fingerprint density at radius 1 is 1.36 bits per heavy atom. The maximum absolute atomic E-state index is 12.0. The van der Waals surface area contributed by atoms with Crippen molar-refractivity contribution >= 4 is 46.5 Å². The summed E-state index contributed by atoms with van der Waals surface area (Å²) in [5.74, 6) is -0.710. The number of nitrogen functional groups attached to an aromatic ring is 1. The van der Waals surface area contributed by atoms with Gasteiger partial charge in [0.15, 0.2) is 5.69 Å². The summed E-state index contributed by atoms with van der Waals surface area (Å²) in [6.07, 6.45) is 1.38. The molecule has 1 heterocycles. The Kier molecular flexibility index (Phi) is 4.57. The average molecular weight is 359 g/mol. The lowest BCUT2D eigenvalue weighted by Crippen LogP contribution is -2.12. The van der Waals surface area contributed by atoms with Crippen LogP contribution in [0.2, 0.25) is 15.1 Å². The number of anilines is 1. The summed E-state index contributed by atoms with van der Waals surface area (Å²) in [4.78, 5) is 12.0. The third kappa shape index (κ3) is 2.50. The van der Waals surface area contributed by atoms with Crippen LogP contribution in [-0.2, 0) is 4.74 Å². The van der Waals surface area contributed by atoms with E-state index in [1.54, 1.807) is 6.92 Å². The van der Waals surface area contributed by atoms with Crippen LogP contribution in [0, 0.1) is 18.3 Å². The third-order valence-electron chi connectivity index (χ3n) is 3.16. The molecular formula is C14H10Cl3N3O2. The number of methoxy groups -OCH3 is 1. The zero-order chi connectivity index (χ0) is 16.6. The van der Waals surface area contributed by atoms with Gasteiger partial charge in [0.05, 0.1) is 34.1 Å². The van der Waals surface area contributed by atoms with E-state index in [4.69, 9.17) is 50.5 Å². The van der Waals surface area contributed by atoms with Gasteiger partial charge in [-0.15, -0.1) is 0 Å². The Labute approximate surface area is 141 Å². The van der Waals surface area contributed by atoms with E-state index < -0.39 is 5.97 Å². The standard InChI is InChI=1S/C14H10Cl3N3O2/c1-6-8(15)3-9(16)12(10(6)17)20-5-7(4-18)11(19)13(20)14(21)22-2/h3,5H,19H2,1-2H3. The van der Waals surface area contributed by atoms with Crippen LogP contribution in [0.4, 0.5) is 5.69 Å². The number of aromatic nitrogens is 1. The van der Waals surface area contributed by atoms with Crippen molar-refractivity contribution in [1.29, 1.82) is 5.26 Å². The molecule has 2 rings (SSSR count). The van der Waals surface area contributed by atoms with E-state index in [1.165, 1.54) is 23.9 Å². The third-order valence-corrected chi connectivity index (χ3v) is 4.30. The van der Waals surface area contributed by atoms with Crippen molar-refractivity contribution in [2.45, 2.75) is 6.92 Å². The van der Waals surface area contributed by atoms with Gasteiger partial charge in [0.1, 0.15) is 6.07 Å². The summed E-state index contributed by atoms with van der Waals surface area (Å²) < 4.78 is 6.05. The van der Waals surface area contributed by atoms with Crippen LogP contribution in [-0.4, -0.2) is 17.6 Å². The van der Waals surface area contributed by atoms with Crippen molar-refractivity contribution in [3.05, 3.63) is 44.2 Å². The number of esters is 1. The van der Waals surface area contributed by atoms with E-state index in [0.29, 0.717) is 16.3 Å². The van der Waals surface area contributed by atoms with Gasteiger partial charge in [-0.1, -0.05) is 34.8 Å². The van der Waals surface area contributed by atoms with E-state index in [0.717, 1.165) is 0 Å². The molecule has 0 fully saturated rings. The molecule has 0 atom stereocenters. The molecule has 1 aromatic carbocycles. The molecule has 0 saturated heterocycles. The highest BCUT2D eigenvalue weighted by atomic mass is 35.5. The second-order valence-electron chi connectivity index (χ2n) is 4.41. The van der Waals surface area contributed by atoms with Crippen molar-refractivity contribution < 1.29 is 9.53 Å². The summed E-state index contributed by atoms with van der Waals surface area (Å²) in [5, 5.41) is 9.97. The van der Waals surface area contributed by atoms with Crippen molar-refractivity contribution in [3.63, 3.8) is 0 Å². The molecule has 114 valence electrons. The predicted octanol–water partition coefficient (Wildman–Crippen LogP) is 3.99. The van der Waals surface area contributed by atoms with E-state index >= 15 is 0 Å². The van der Waals surface area contributed by atoms with Crippen molar-refractivity contribution in [1.82, 2.24) is 4.57 Å². The first-order valence-corrected chi connectivity index (χ1v) is 7.10. The van der Waals surface area contributed by atoms with Crippen LogP contribution < -0.4 is 5.73 Å². The Balaban J connectivity index is 2.88. The quantitative estimate of drug-likeness (QED) is 0.823. The summed E-state index contributed by atoms with van der Waals surface area (Å²) >= 11 is 18.5. The molecule has 0 bridgehead atoms. The number of hydrogen-bond acceptors (Lipinski definition) is 4. The van der Waals surface area contributed by atoms with Crippen molar-refractivity contribution in [2.75, 3.05) is 12.8 Å². The molecule has 2 N–H and O–H groups in total. The first-order valence-electron chi connectivity index (χ1n) is 5.97. The Morgan fingerprint density at radius 2 is 2.00 bits per heavy atom. The largest absolute Gasteiger partial charge is 0.464 e. The fraction of sp³-hybridized carbons (Fsp3) is 0.143. The van der Waals surface area contributed by atoms with Gasteiger partial charge in [-0.3, -0.25) is 0 Å². The number of carbonyl (C=O) groups excluding carboxylic acids is 1. The average Bonchev–Trinajstić information content (AvgIpc) is 2.80. The highest BCUT2D eigenvalue weighted by Crippen LogP contribution is 2.38. The SMILES string of the molecule is COC(=O)c1c(N)c(C#N)cn1-c1c(Cl)cc(Cl)c(C)c1Cl. The molecule has 2 aromatic rings. The molecule has 0 aliphatic heterocycles. The summed E-state index contributed by atoms with van der Waals surface area (Å²) in [7, 11) is 1.21. The normalized spacial score (nSPS) is 10.4. The molecule has 0 saturated carbocycles. The minimum Gasteiger partial charge on any atom is -0.464 e. The molecule has 0 spiro atoms. The van der Waals surface area contributed by atoms with Gasteiger partial charge < -0.3 is 15.0 Å². The highest BCUT2D eigenvalue weighted by Gasteiger charge is 2.25. The number of ether oxygens (including phenoxy) is 1. The molecule has 0 aliphatic rings. The topological polar surface area (TPSA) is 81.0 Å². The van der Waals surface area contributed by atoms with Crippen LogP contribution >= 0.6 is 34.8 Å². The molecule has 0 aliphatic carbocycles. The van der Waals surface area contributed by atoms with E-state index in [2.05, 4.69) is 0 Å². The molecule has 8 heteroatoms. The Morgan fingerprint density at radius 3 is 2.55 bits per heavy atom. The number of nitrogens with two attached hydrogens (primary N) is 1. The highest BCUT2D eigenvalue weighted by molar-refractivity contribution is 6.41. The number of nitriles is 1. The van der Waals surface area contributed by atoms with Crippen LogP contribution in [0.5, 0.6) is 0 Å². The maximum atomic E-state index is 12.0. The van der Waals surface area contributed by atoms with Gasteiger partial charge in [0.25, 0.3) is 0 Å². The minimum absolute atomic E-state index is 0.00548. The second kappa shape index (κ2) is 6.09. The van der Waals surface area contributed by atoms with Crippen LogP contribution in [0.25, 0.3) is 5.69 Å². The van der Waals surface area contributed by atoms with Gasteiger partial charge in [-0.25, -0.2) is 4.79 Å². The molecule has 1 aromatic heterocycles. The summed E-state index contributed by atoms with van der Waals surface area (Å²) in [6, 6.07) is 3.41. The van der Waals surface area contributed by atoms with E-state index in [1.807, 2.05) is 6.07 Å². The number of carbonyl (C=O) groups is 1. The van der Waals surface area contributed by atoms with Gasteiger partial charge in [-0.05, 0) is 18.6 Å². The van der Waals surface area contributed by atoms with E-state index in [9.17, 15) is 4.79 Å². The van der Waals surface area contributed by atoms with Crippen LogP contribution in [0.15, 0.2) is 12.3 Å². The maximum Gasteiger partial charge on any atom is 0.357 e. The minimum atomic E-state index is -0.710. The predicted molar refractivity (Wildman–Crippen MR) is 86.0 cm³/mol. The number of nitrogens with zero attached hydrogens (tertiary/aromatic N) is 2. The molecule has 0 amide bonds. The lowest BCUT2D eigenvalue weighted by molar-refractivity contribution is 0.0593. The van der Waals surface area contributed by atoms with Gasteiger partial charge in [0.2, 0.25) is 0 Å². The van der Waals surface area contributed by atoms with Gasteiger partial charge >= 0.3 is 5.97 Å². The number of rotatable bonds is 2. The fourth-order valence-electron chi connectivity index (χ4n) is 1.99. The molecule has 5 nitrogen and oxygen atoms in total. The zero-order valence-electron chi connectivity index (χ0n) is 11.6. The first kappa shape index (κ1) is 16.5. The summed E-state index contributed by atoms with van der Waals surface area (Å²) in [5.41, 5.74) is 6.81. The monoisotopic (exact) mass is 357 g/mol. The summed E-state index contributed by atoms with van der Waals surface area (Å²) in [6.45, 7) is 1.71. The van der Waals surface area contributed by atoms with Gasteiger partial charge in [0, 0.05) is 11.2 Å². The van der Waals surface area contributed by atoms with E-state index in [-0.39, 0.29) is 27.0 Å². The van der Waals surface area contributed by atoms with Crippen molar-refractivity contribution in [2.24, 2.45) is 0 Å². The number of halogens is 3. The Hall–Kier alpha value is -1.87. The lowest BCUT2D eigenvalue weighted by Gasteiger charge is -2.14. The molecule has 0 radical (unpaired) electrons. The lowest BCUT2D eigenvalue weighted by atomic mass is 10.2. The molecule has 22 heavy (non-hydrogen) atoms. The van der Waals surface area contributed by atoms with Crippen LogP contribution in [0.3, 0.4) is 0 Å². The first-order chi connectivity index (χ1) is 10.3. The Bertz CT molecular complexity index is 822. The number of hydrogen-bond donors (Lipinski definition) is 1. The molecular weight excluding hydrogens is 349 g/mol. The smallest absolute Gasteiger partial charge is 0.357 e. The van der Waals surface area contributed by atoms with Crippen molar-refractivity contribution in [3.8, 4) is 11.8 Å². The number of benzene rings is 1.